The Labute approximate surface area is 122 Å². The van der Waals surface area contributed by atoms with E-state index in [2.05, 4.69) is 0 Å². The molecule has 104 valence electrons. The first-order valence-electron chi connectivity index (χ1n) is 6.27. The summed E-state index contributed by atoms with van der Waals surface area (Å²) in [6, 6.07) is 11.1. The maximum atomic E-state index is 12.2. The fourth-order valence-electron chi connectivity index (χ4n) is 2.02. The van der Waals surface area contributed by atoms with Crippen molar-refractivity contribution in [1.82, 2.24) is 4.57 Å². The van der Waals surface area contributed by atoms with Gasteiger partial charge >= 0.3 is 0 Å². The van der Waals surface area contributed by atoms with Crippen LogP contribution < -0.4 is 16.0 Å². The first kappa shape index (κ1) is 14.3. The summed E-state index contributed by atoms with van der Waals surface area (Å²) < 4.78 is 7.01. The molecule has 0 saturated carbocycles. The standard InChI is InChI=1S/C15H16N2O2S/c1-3-19-11-6-4-5-10(9-11)13-8-7-12(14(16)20)15(18)17(13)2/h4-9H,3H2,1-2H3,(H2,16,20). The molecule has 0 saturated heterocycles. The summed E-state index contributed by atoms with van der Waals surface area (Å²) in [6.07, 6.45) is 0. The van der Waals surface area contributed by atoms with E-state index >= 15 is 0 Å². The Morgan fingerprint density at radius 1 is 1.35 bits per heavy atom. The molecule has 0 aliphatic rings. The van der Waals surface area contributed by atoms with Crippen molar-refractivity contribution in [2.45, 2.75) is 6.92 Å². The van der Waals surface area contributed by atoms with Crippen molar-refractivity contribution in [2.75, 3.05) is 6.61 Å². The van der Waals surface area contributed by atoms with Crippen LogP contribution in [0.3, 0.4) is 0 Å². The topological polar surface area (TPSA) is 57.2 Å². The summed E-state index contributed by atoms with van der Waals surface area (Å²) in [4.78, 5) is 12.3. The van der Waals surface area contributed by atoms with Crippen LogP contribution in [-0.4, -0.2) is 16.2 Å². The highest BCUT2D eigenvalue weighted by Crippen LogP contribution is 2.22. The van der Waals surface area contributed by atoms with Gasteiger partial charge in [-0.2, -0.15) is 0 Å². The van der Waals surface area contributed by atoms with Gasteiger partial charge in [-0.3, -0.25) is 4.79 Å². The minimum atomic E-state index is -0.197. The fraction of sp³-hybridized carbons (Fsp3) is 0.200. The summed E-state index contributed by atoms with van der Waals surface area (Å²) in [6.45, 7) is 2.53. The van der Waals surface area contributed by atoms with Gasteiger partial charge in [0.1, 0.15) is 10.7 Å². The predicted molar refractivity (Wildman–Crippen MR) is 84.2 cm³/mol. The lowest BCUT2D eigenvalue weighted by atomic mass is 10.1. The number of nitrogens with zero attached hydrogens (tertiary/aromatic N) is 1. The lowest BCUT2D eigenvalue weighted by molar-refractivity contribution is 0.340. The fourth-order valence-corrected chi connectivity index (χ4v) is 2.18. The number of thiocarbonyl (C=S) groups is 1. The summed E-state index contributed by atoms with van der Waals surface area (Å²) in [7, 11) is 1.70. The Bertz CT molecular complexity index is 707. The summed E-state index contributed by atoms with van der Waals surface area (Å²) in [5, 5.41) is 0. The molecule has 20 heavy (non-hydrogen) atoms. The van der Waals surface area contributed by atoms with Gasteiger partial charge in [0.2, 0.25) is 0 Å². The predicted octanol–water partition coefficient (Wildman–Crippen LogP) is 2.09. The number of hydrogen-bond donors (Lipinski definition) is 1. The van der Waals surface area contributed by atoms with E-state index in [-0.39, 0.29) is 10.5 Å². The van der Waals surface area contributed by atoms with Crippen molar-refractivity contribution in [3.8, 4) is 17.0 Å². The average molecular weight is 288 g/mol. The van der Waals surface area contributed by atoms with Crippen LogP contribution in [0.1, 0.15) is 12.5 Å². The lowest BCUT2D eigenvalue weighted by Gasteiger charge is -2.11. The zero-order chi connectivity index (χ0) is 14.7. The van der Waals surface area contributed by atoms with Gasteiger partial charge in [-0.05, 0) is 31.2 Å². The molecule has 2 aromatic rings. The second-order valence-corrected chi connectivity index (χ2v) is 4.76. The first-order chi connectivity index (χ1) is 9.54. The Morgan fingerprint density at radius 3 is 2.75 bits per heavy atom. The highest BCUT2D eigenvalue weighted by Gasteiger charge is 2.09. The van der Waals surface area contributed by atoms with Crippen molar-refractivity contribution in [3.05, 3.63) is 52.3 Å². The van der Waals surface area contributed by atoms with Crippen LogP contribution in [0, 0.1) is 0 Å². The molecule has 1 heterocycles. The minimum Gasteiger partial charge on any atom is -0.494 e. The van der Waals surface area contributed by atoms with Gasteiger partial charge in [-0.15, -0.1) is 0 Å². The Balaban J connectivity index is 2.54. The van der Waals surface area contributed by atoms with E-state index in [1.807, 2.05) is 37.3 Å². The number of pyridine rings is 1. The highest BCUT2D eigenvalue weighted by atomic mass is 32.1. The number of aromatic nitrogens is 1. The van der Waals surface area contributed by atoms with Crippen molar-refractivity contribution in [1.29, 1.82) is 0 Å². The minimum absolute atomic E-state index is 0.111. The summed E-state index contributed by atoms with van der Waals surface area (Å²) >= 11 is 4.87. The Morgan fingerprint density at radius 2 is 2.10 bits per heavy atom. The van der Waals surface area contributed by atoms with E-state index in [9.17, 15) is 4.79 Å². The second-order valence-electron chi connectivity index (χ2n) is 4.32. The molecule has 0 fully saturated rings. The molecule has 0 aliphatic carbocycles. The quantitative estimate of drug-likeness (QED) is 0.875. The normalized spacial score (nSPS) is 10.3. The van der Waals surface area contributed by atoms with E-state index in [4.69, 9.17) is 22.7 Å². The molecular weight excluding hydrogens is 272 g/mol. The van der Waals surface area contributed by atoms with Crippen molar-refractivity contribution in [2.24, 2.45) is 12.8 Å². The van der Waals surface area contributed by atoms with Crippen LogP contribution in [0.2, 0.25) is 0 Å². The first-order valence-corrected chi connectivity index (χ1v) is 6.68. The van der Waals surface area contributed by atoms with Gasteiger partial charge in [-0.25, -0.2) is 0 Å². The third kappa shape index (κ3) is 2.72. The van der Waals surface area contributed by atoms with E-state index in [1.54, 1.807) is 17.7 Å². The molecule has 0 bridgehead atoms. The maximum absolute atomic E-state index is 12.2. The number of benzene rings is 1. The van der Waals surface area contributed by atoms with Crippen molar-refractivity contribution >= 4 is 17.2 Å². The second kappa shape index (κ2) is 5.88. The van der Waals surface area contributed by atoms with E-state index < -0.39 is 0 Å². The number of nitrogens with two attached hydrogens (primary N) is 1. The maximum Gasteiger partial charge on any atom is 0.261 e. The average Bonchev–Trinajstić information content (AvgIpc) is 2.42. The van der Waals surface area contributed by atoms with Crippen molar-refractivity contribution < 1.29 is 4.74 Å². The Kier molecular flexibility index (Phi) is 4.20. The number of ether oxygens (including phenoxy) is 1. The molecule has 0 atom stereocenters. The lowest BCUT2D eigenvalue weighted by Crippen LogP contribution is -2.28. The van der Waals surface area contributed by atoms with Crippen LogP contribution in [0.15, 0.2) is 41.2 Å². The largest absolute Gasteiger partial charge is 0.494 e. The molecule has 0 spiro atoms. The highest BCUT2D eigenvalue weighted by molar-refractivity contribution is 7.80. The molecule has 0 amide bonds. The van der Waals surface area contributed by atoms with Crippen LogP contribution in [0.25, 0.3) is 11.3 Å². The molecule has 1 aromatic heterocycles. The van der Waals surface area contributed by atoms with E-state index in [1.165, 1.54) is 0 Å². The molecule has 0 radical (unpaired) electrons. The molecule has 1 aromatic carbocycles. The molecule has 2 rings (SSSR count). The van der Waals surface area contributed by atoms with Crippen LogP contribution in [0.4, 0.5) is 0 Å². The third-order valence-corrected chi connectivity index (χ3v) is 3.23. The Hall–Kier alpha value is -2.14. The summed E-state index contributed by atoms with van der Waals surface area (Å²) in [5.74, 6) is 0.774. The smallest absolute Gasteiger partial charge is 0.261 e. The van der Waals surface area contributed by atoms with Gasteiger partial charge in [0.25, 0.3) is 5.56 Å². The molecule has 2 N–H and O–H groups in total. The van der Waals surface area contributed by atoms with Crippen LogP contribution in [-0.2, 0) is 7.05 Å². The van der Waals surface area contributed by atoms with E-state index in [0.717, 1.165) is 17.0 Å². The molecule has 5 heteroatoms. The number of hydrogen-bond acceptors (Lipinski definition) is 3. The van der Waals surface area contributed by atoms with Gasteiger partial charge in [0.05, 0.1) is 17.9 Å². The zero-order valence-corrected chi connectivity index (χ0v) is 12.2. The monoisotopic (exact) mass is 288 g/mol. The van der Waals surface area contributed by atoms with Gasteiger partial charge in [0, 0.05) is 12.6 Å². The van der Waals surface area contributed by atoms with Crippen LogP contribution >= 0.6 is 12.2 Å². The molecule has 0 aliphatic heterocycles. The zero-order valence-electron chi connectivity index (χ0n) is 11.4. The molecule has 4 nitrogen and oxygen atoms in total. The SMILES string of the molecule is CCOc1cccc(-c2ccc(C(N)=S)c(=O)n2C)c1. The van der Waals surface area contributed by atoms with Gasteiger partial charge < -0.3 is 15.0 Å². The van der Waals surface area contributed by atoms with Crippen molar-refractivity contribution in [3.63, 3.8) is 0 Å². The van der Waals surface area contributed by atoms with Gasteiger partial charge in [-0.1, -0.05) is 24.4 Å². The van der Waals surface area contributed by atoms with Crippen LogP contribution in [0.5, 0.6) is 5.75 Å². The third-order valence-electron chi connectivity index (χ3n) is 3.01. The number of rotatable bonds is 4. The van der Waals surface area contributed by atoms with Gasteiger partial charge in [0.15, 0.2) is 0 Å². The molecule has 0 unspecified atom stereocenters. The summed E-state index contributed by atoms with van der Waals surface area (Å²) in [5.41, 5.74) is 7.39. The molecular formula is C15H16N2O2S. The van der Waals surface area contributed by atoms with E-state index in [0.29, 0.717) is 12.2 Å².